The maximum Gasteiger partial charge on any atom is 0.305 e. The van der Waals surface area contributed by atoms with E-state index >= 15 is 0 Å². The minimum absolute atomic E-state index is 0.00428. The highest BCUT2D eigenvalue weighted by atomic mass is 16.4. The van der Waals surface area contributed by atoms with Crippen LogP contribution in [0.15, 0.2) is 36.5 Å². The number of hydrogen-bond acceptors (Lipinski definition) is 7. The zero-order valence-corrected chi connectivity index (χ0v) is 20.0. The van der Waals surface area contributed by atoms with Crippen molar-refractivity contribution in [2.75, 3.05) is 6.54 Å². The van der Waals surface area contributed by atoms with Gasteiger partial charge in [-0.05, 0) is 37.0 Å². The highest BCUT2D eigenvalue weighted by molar-refractivity contribution is 5.97. The average molecular weight is 510 g/mol. The number of pyridine rings is 1. The minimum Gasteiger partial charge on any atom is -0.481 e. The van der Waals surface area contributed by atoms with E-state index in [1.807, 2.05) is 12.1 Å². The summed E-state index contributed by atoms with van der Waals surface area (Å²) in [7, 11) is 0. The molecule has 0 saturated carbocycles. The number of rotatable bonds is 8. The predicted octanol–water partition coefficient (Wildman–Crippen LogP) is -0.0511. The van der Waals surface area contributed by atoms with Gasteiger partial charge in [-0.25, -0.2) is 5.01 Å². The molecule has 0 bridgehead atoms. The third-order valence-corrected chi connectivity index (χ3v) is 6.47. The van der Waals surface area contributed by atoms with E-state index in [-0.39, 0.29) is 38.1 Å². The molecule has 3 N–H and O–H groups in total. The second-order valence-electron chi connectivity index (χ2n) is 9.03. The Bertz CT molecular complexity index is 1240. The summed E-state index contributed by atoms with van der Waals surface area (Å²) in [6.07, 6.45) is 2.06. The first-order chi connectivity index (χ1) is 17.8. The first-order valence-corrected chi connectivity index (χ1v) is 12.0. The zero-order chi connectivity index (χ0) is 26.5. The third kappa shape index (κ3) is 5.74. The van der Waals surface area contributed by atoms with Gasteiger partial charge in [0.1, 0.15) is 18.4 Å². The number of carboxylic acid groups (broad SMARTS) is 1. The van der Waals surface area contributed by atoms with E-state index in [1.165, 1.54) is 5.01 Å². The van der Waals surface area contributed by atoms with Crippen molar-refractivity contribution < 1.29 is 33.9 Å². The van der Waals surface area contributed by atoms with Gasteiger partial charge < -0.3 is 20.5 Å². The molecule has 4 rings (SSSR count). The zero-order valence-electron chi connectivity index (χ0n) is 20.0. The predicted molar refractivity (Wildman–Crippen MR) is 128 cm³/mol. The van der Waals surface area contributed by atoms with E-state index < -0.39 is 48.2 Å². The molecule has 2 fully saturated rings. The fourth-order valence-electron chi connectivity index (χ4n) is 4.75. The van der Waals surface area contributed by atoms with E-state index in [0.29, 0.717) is 12.7 Å². The second-order valence-corrected chi connectivity index (χ2v) is 9.03. The number of aromatic nitrogens is 1. The Labute approximate surface area is 212 Å². The first kappa shape index (κ1) is 25.7. The highest BCUT2D eigenvalue weighted by Crippen LogP contribution is 2.25. The van der Waals surface area contributed by atoms with Crippen molar-refractivity contribution in [3.05, 3.63) is 42.1 Å². The molecule has 37 heavy (non-hydrogen) atoms. The van der Waals surface area contributed by atoms with Gasteiger partial charge in [0.15, 0.2) is 0 Å². The lowest BCUT2D eigenvalue weighted by molar-refractivity contribution is -0.176. The lowest BCUT2D eigenvalue weighted by atomic mass is 10.0. The van der Waals surface area contributed by atoms with Crippen molar-refractivity contribution in [2.24, 2.45) is 0 Å². The van der Waals surface area contributed by atoms with Crippen molar-refractivity contribution in [3.8, 4) is 0 Å². The van der Waals surface area contributed by atoms with Gasteiger partial charge in [-0.15, -0.1) is 0 Å². The summed E-state index contributed by atoms with van der Waals surface area (Å²) in [5.41, 5.74) is 1.47. The van der Waals surface area contributed by atoms with Crippen LogP contribution in [0, 0.1) is 0 Å². The van der Waals surface area contributed by atoms with E-state index in [1.54, 1.807) is 24.4 Å². The summed E-state index contributed by atoms with van der Waals surface area (Å²) >= 11 is 0. The summed E-state index contributed by atoms with van der Waals surface area (Å²) in [5, 5.41) is 17.1. The number of amides is 4. The van der Waals surface area contributed by atoms with E-state index in [9.17, 15) is 28.8 Å². The molecule has 4 amide bonds. The van der Waals surface area contributed by atoms with Gasteiger partial charge in [0, 0.05) is 24.5 Å². The number of carbonyl (C=O) groups is 6. The van der Waals surface area contributed by atoms with Crippen LogP contribution < -0.4 is 10.6 Å². The Kier molecular flexibility index (Phi) is 7.75. The maximum atomic E-state index is 13.5. The molecule has 1 aromatic heterocycles. The minimum atomic E-state index is -1.27. The summed E-state index contributed by atoms with van der Waals surface area (Å²) in [5.74, 6) is -3.40. The van der Waals surface area contributed by atoms with Crippen LogP contribution >= 0.6 is 0 Å². The van der Waals surface area contributed by atoms with E-state index in [4.69, 9.17) is 5.11 Å². The SMILES string of the molecule is O=CC(CC(=O)O)NC(=O)C1CCCN2C(=O)CCC(NC(=O)Cc3cccc4ncccc34)C(=O)N12. The number of aliphatic carboxylic acids is 1. The molecule has 2 saturated heterocycles. The van der Waals surface area contributed by atoms with Crippen molar-refractivity contribution in [3.63, 3.8) is 0 Å². The smallest absolute Gasteiger partial charge is 0.305 e. The average Bonchev–Trinajstić information content (AvgIpc) is 3.00. The maximum absolute atomic E-state index is 13.5. The number of nitrogens with zero attached hydrogens (tertiary/aromatic N) is 3. The standard InChI is InChI=1S/C25H27N5O7/c31-14-16(13-23(34)35)27-24(36)20-7-3-11-29-22(33)9-8-19(25(37)30(20)29)28-21(32)12-15-4-1-6-18-17(15)5-2-10-26-18/h1-2,4-6,10,14,16,19-20H,3,7-9,11-13H2,(H,27,36)(H,28,32)(H,34,35). The molecule has 12 heteroatoms. The molecule has 0 radical (unpaired) electrons. The van der Waals surface area contributed by atoms with Gasteiger partial charge in [-0.1, -0.05) is 18.2 Å². The largest absolute Gasteiger partial charge is 0.481 e. The Balaban J connectivity index is 1.51. The number of aldehydes is 1. The van der Waals surface area contributed by atoms with Crippen LogP contribution in [0.1, 0.15) is 37.7 Å². The number of nitrogens with one attached hydrogen (secondary N) is 2. The number of hydrazine groups is 1. The number of carbonyl (C=O) groups excluding carboxylic acids is 5. The summed E-state index contributed by atoms with van der Waals surface area (Å²) in [6.45, 7) is 0.226. The van der Waals surface area contributed by atoms with Crippen LogP contribution in [-0.2, 0) is 35.2 Å². The molecule has 2 aromatic rings. The van der Waals surface area contributed by atoms with Gasteiger partial charge in [-0.2, -0.15) is 0 Å². The molecule has 0 aliphatic carbocycles. The van der Waals surface area contributed by atoms with Gasteiger partial charge in [0.25, 0.3) is 5.91 Å². The quantitative estimate of drug-likeness (QED) is 0.417. The molecule has 12 nitrogen and oxygen atoms in total. The molecule has 194 valence electrons. The van der Waals surface area contributed by atoms with Crippen LogP contribution in [0.25, 0.3) is 10.9 Å². The Morgan fingerprint density at radius 3 is 2.73 bits per heavy atom. The molecular weight excluding hydrogens is 482 g/mol. The fourth-order valence-corrected chi connectivity index (χ4v) is 4.75. The first-order valence-electron chi connectivity index (χ1n) is 12.0. The number of hydrogen-bond donors (Lipinski definition) is 3. The van der Waals surface area contributed by atoms with Crippen LogP contribution in [0.5, 0.6) is 0 Å². The van der Waals surface area contributed by atoms with Crippen LogP contribution in [0.4, 0.5) is 0 Å². The second kappa shape index (κ2) is 11.1. The molecule has 1 aromatic carbocycles. The van der Waals surface area contributed by atoms with Gasteiger partial charge in [0.05, 0.1) is 24.4 Å². The lowest BCUT2D eigenvalue weighted by Gasteiger charge is -2.43. The van der Waals surface area contributed by atoms with Crippen LogP contribution in [0.3, 0.4) is 0 Å². The van der Waals surface area contributed by atoms with E-state index in [0.717, 1.165) is 21.5 Å². The van der Waals surface area contributed by atoms with Crippen molar-refractivity contribution in [1.82, 2.24) is 25.6 Å². The molecular formula is C25H27N5O7. The summed E-state index contributed by atoms with van der Waals surface area (Å²) in [4.78, 5) is 78.8. The number of benzene rings is 1. The number of fused-ring (bicyclic) bond motifs is 2. The topological polar surface area (TPSA) is 166 Å². The van der Waals surface area contributed by atoms with Crippen molar-refractivity contribution in [2.45, 2.75) is 56.7 Å². The Morgan fingerprint density at radius 2 is 1.97 bits per heavy atom. The van der Waals surface area contributed by atoms with Crippen molar-refractivity contribution in [1.29, 1.82) is 0 Å². The highest BCUT2D eigenvalue weighted by Gasteiger charge is 2.44. The molecule has 2 aliphatic rings. The number of carboxylic acids is 1. The third-order valence-electron chi connectivity index (χ3n) is 6.47. The van der Waals surface area contributed by atoms with Crippen molar-refractivity contribution >= 4 is 46.8 Å². The van der Waals surface area contributed by atoms with Crippen LogP contribution in [-0.4, -0.2) is 80.7 Å². The summed E-state index contributed by atoms with van der Waals surface area (Å²) in [6, 6.07) is 5.61. The van der Waals surface area contributed by atoms with Gasteiger partial charge in [0.2, 0.25) is 17.7 Å². The molecule has 3 atom stereocenters. The Morgan fingerprint density at radius 1 is 1.16 bits per heavy atom. The van der Waals surface area contributed by atoms with Crippen LogP contribution in [0.2, 0.25) is 0 Å². The lowest BCUT2D eigenvalue weighted by Crippen LogP contribution is -2.64. The molecule has 0 spiro atoms. The fraction of sp³-hybridized carbons (Fsp3) is 0.400. The molecule has 3 heterocycles. The molecule has 3 unspecified atom stereocenters. The summed E-state index contributed by atoms with van der Waals surface area (Å²) < 4.78 is 0. The van der Waals surface area contributed by atoms with E-state index in [2.05, 4.69) is 15.6 Å². The monoisotopic (exact) mass is 509 g/mol. The normalized spacial score (nSPS) is 20.5. The van der Waals surface area contributed by atoms with Gasteiger partial charge >= 0.3 is 5.97 Å². The molecule has 2 aliphatic heterocycles. The van der Waals surface area contributed by atoms with Gasteiger partial charge in [-0.3, -0.25) is 34.0 Å². The Hall–Kier alpha value is -4.35.